The summed E-state index contributed by atoms with van der Waals surface area (Å²) in [4.78, 5) is 12.7. The van der Waals surface area contributed by atoms with Gasteiger partial charge >= 0.3 is 6.36 Å². The van der Waals surface area contributed by atoms with Crippen molar-refractivity contribution in [2.75, 3.05) is 13.7 Å². The van der Waals surface area contributed by atoms with Gasteiger partial charge in [0.25, 0.3) is 5.56 Å². The predicted octanol–water partition coefficient (Wildman–Crippen LogP) is 4.56. The minimum absolute atomic E-state index is 0.0597. The third-order valence-corrected chi connectivity index (χ3v) is 4.35. The lowest BCUT2D eigenvalue weighted by atomic mass is 10.1. The molecule has 0 aliphatic rings. The molecule has 3 rings (SSSR count). The summed E-state index contributed by atoms with van der Waals surface area (Å²) in [5.41, 5.74) is 0.278. The standard InChI is InChI=1S/C23H22F3NO5/c1-22(2,29)14-31-19-9-6-17(13-20(19)30-3)27-11-10-16(12-21(27)28)15-4-7-18(8-5-15)32-23(24,25)26/h4-13,29H,14H2,1-3H3. The van der Waals surface area contributed by atoms with Gasteiger partial charge in [-0.3, -0.25) is 9.36 Å². The molecule has 32 heavy (non-hydrogen) atoms. The highest BCUT2D eigenvalue weighted by Crippen LogP contribution is 2.30. The topological polar surface area (TPSA) is 69.9 Å². The van der Waals surface area contributed by atoms with Crippen LogP contribution in [0.15, 0.2) is 65.6 Å². The quantitative estimate of drug-likeness (QED) is 0.573. The molecule has 0 spiro atoms. The highest BCUT2D eigenvalue weighted by atomic mass is 19.4. The first kappa shape index (κ1) is 23.2. The predicted molar refractivity (Wildman–Crippen MR) is 113 cm³/mol. The molecular formula is C23H22F3NO5. The van der Waals surface area contributed by atoms with Gasteiger partial charge in [-0.2, -0.15) is 0 Å². The number of hydrogen-bond acceptors (Lipinski definition) is 5. The first-order valence-corrected chi connectivity index (χ1v) is 9.58. The Morgan fingerprint density at radius 2 is 1.62 bits per heavy atom. The zero-order valence-corrected chi connectivity index (χ0v) is 17.6. The Morgan fingerprint density at radius 3 is 2.19 bits per heavy atom. The summed E-state index contributed by atoms with van der Waals surface area (Å²) >= 11 is 0. The van der Waals surface area contributed by atoms with Gasteiger partial charge in [0.1, 0.15) is 12.4 Å². The van der Waals surface area contributed by atoms with Crippen LogP contribution in [0.25, 0.3) is 16.8 Å². The molecule has 1 heterocycles. The Hall–Kier alpha value is -3.46. The minimum Gasteiger partial charge on any atom is -0.493 e. The summed E-state index contributed by atoms with van der Waals surface area (Å²) in [6.45, 7) is 3.29. The van der Waals surface area contributed by atoms with Crippen molar-refractivity contribution in [1.29, 1.82) is 0 Å². The molecule has 0 aliphatic carbocycles. The maximum absolute atomic E-state index is 12.7. The summed E-state index contributed by atoms with van der Waals surface area (Å²) in [6.07, 6.45) is -3.21. The number of benzene rings is 2. The van der Waals surface area contributed by atoms with Gasteiger partial charge in [0.05, 0.1) is 18.4 Å². The molecule has 0 fully saturated rings. The molecule has 0 saturated carbocycles. The van der Waals surface area contributed by atoms with E-state index in [1.807, 2.05) is 0 Å². The second kappa shape index (κ2) is 8.96. The fourth-order valence-corrected chi connectivity index (χ4v) is 2.90. The summed E-state index contributed by atoms with van der Waals surface area (Å²) in [5, 5.41) is 9.83. The number of pyridine rings is 1. The van der Waals surface area contributed by atoms with Crippen molar-refractivity contribution in [1.82, 2.24) is 4.57 Å². The van der Waals surface area contributed by atoms with Crippen molar-refractivity contribution >= 4 is 0 Å². The summed E-state index contributed by atoms with van der Waals surface area (Å²) in [6, 6.07) is 13.3. The highest BCUT2D eigenvalue weighted by molar-refractivity contribution is 5.64. The summed E-state index contributed by atoms with van der Waals surface area (Å²) in [7, 11) is 1.47. The third kappa shape index (κ3) is 6.04. The summed E-state index contributed by atoms with van der Waals surface area (Å²) < 4.78 is 53.1. The number of hydrogen-bond donors (Lipinski definition) is 1. The van der Waals surface area contributed by atoms with Crippen LogP contribution in [0.4, 0.5) is 13.2 Å². The lowest BCUT2D eigenvalue weighted by Gasteiger charge is -2.19. The summed E-state index contributed by atoms with van der Waals surface area (Å²) in [5.74, 6) is 0.473. The normalized spacial score (nSPS) is 11.8. The molecule has 170 valence electrons. The van der Waals surface area contributed by atoms with Gasteiger partial charge in [-0.05, 0) is 55.3 Å². The van der Waals surface area contributed by atoms with Crippen LogP contribution >= 0.6 is 0 Å². The molecule has 0 amide bonds. The van der Waals surface area contributed by atoms with E-state index in [1.165, 1.54) is 42.0 Å². The van der Waals surface area contributed by atoms with Crippen LogP contribution in [0.5, 0.6) is 17.2 Å². The van der Waals surface area contributed by atoms with Gasteiger partial charge in [0.2, 0.25) is 0 Å². The van der Waals surface area contributed by atoms with E-state index < -0.39 is 12.0 Å². The first-order valence-electron chi connectivity index (χ1n) is 9.58. The smallest absolute Gasteiger partial charge is 0.493 e. The van der Waals surface area contributed by atoms with E-state index in [1.54, 1.807) is 44.3 Å². The van der Waals surface area contributed by atoms with Gasteiger partial charge in [-0.15, -0.1) is 13.2 Å². The maximum Gasteiger partial charge on any atom is 0.573 e. The van der Waals surface area contributed by atoms with Crippen LogP contribution in [-0.2, 0) is 0 Å². The average molecular weight is 449 g/mol. The fourth-order valence-electron chi connectivity index (χ4n) is 2.90. The van der Waals surface area contributed by atoms with Crippen LogP contribution in [0.2, 0.25) is 0 Å². The van der Waals surface area contributed by atoms with Crippen molar-refractivity contribution in [3.8, 4) is 34.1 Å². The lowest BCUT2D eigenvalue weighted by molar-refractivity contribution is -0.274. The minimum atomic E-state index is -4.77. The molecule has 0 saturated heterocycles. The zero-order chi connectivity index (χ0) is 23.5. The van der Waals surface area contributed by atoms with Gasteiger partial charge in [-0.25, -0.2) is 0 Å². The van der Waals surface area contributed by atoms with Crippen molar-refractivity contribution in [3.05, 3.63) is 71.1 Å². The molecule has 0 aliphatic heterocycles. The van der Waals surface area contributed by atoms with Crippen LogP contribution in [0.3, 0.4) is 0 Å². The van der Waals surface area contributed by atoms with Gasteiger partial charge < -0.3 is 19.3 Å². The van der Waals surface area contributed by atoms with E-state index >= 15 is 0 Å². The molecule has 6 nitrogen and oxygen atoms in total. The van der Waals surface area contributed by atoms with Gasteiger partial charge in [0.15, 0.2) is 11.5 Å². The third-order valence-electron chi connectivity index (χ3n) is 4.35. The molecule has 3 aromatic rings. The van der Waals surface area contributed by atoms with Crippen molar-refractivity contribution < 1.29 is 32.5 Å². The molecule has 1 N–H and O–H groups in total. The van der Waals surface area contributed by atoms with E-state index in [-0.39, 0.29) is 17.9 Å². The maximum atomic E-state index is 12.7. The van der Waals surface area contributed by atoms with E-state index in [4.69, 9.17) is 9.47 Å². The van der Waals surface area contributed by atoms with Crippen molar-refractivity contribution in [3.63, 3.8) is 0 Å². The Bertz CT molecular complexity index is 1130. The number of nitrogens with zero attached hydrogens (tertiary/aromatic N) is 1. The van der Waals surface area contributed by atoms with Crippen molar-refractivity contribution in [2.45, 2.75) is 25.8 Å². The number of methoxy groups -OCH3 is 1. The monoisotopic (exact) mass is 449 g/mol. The first-order chi connectivity index (χ1) is 14.9. The lowest BCUT2D eigenvalue weighted by Crippen LogP contribution is -2.28. The Balaban J connectivity index is 1.84. The fraction of sp³-hybridized carbons (Fsp3) is 0.261. The van der Waals surface area contributed by atoms with E-state index in [2.05, 4.69) is 4.74 Å². The Morgan fingerprint density at radius 1 is 0.938 bits per heavy atom. The number of aromatic nitrogens is 1. The molecule has 0 bridgehead atoms. The van der Waals surface area contributed by atoms with Crippen LogP contribution in [0.1, 0.15) is 13.8 Å². The molecule has 0 atom stereocenters. The molecular weight excluding hydrogens is 427 g/mol. The number of rotatable bonds is 7. The second-order valence-corrected chi connectivity index (χ2v) is 7.63. The molecule has 0 radical (unpaired) electrons. The van der Waals surface area contributed by atoms with Crippen LogP contribution in [-0.4, -0.2) is 35.4 Å². The Labute approximate surface area is 182 Å². The van der Waals surface area contributed by atoms with Crippen molar-refractivity contribution in [2.24, 2.45) is 0 Å². The van der Waals surface area contributed by atoms with Crippen LogP contribution < -0.4 is 19.8 Å². The second-order valence-electron chi connectivity index (χ2n) is 7.63. The molecule has 1 aromatic heterocycles. The number of aliphatic hydroxyl groups is 1. The largest absolute Gasteiger partial charge is 0.573 e. The van der Waals surface area contributed by atoms with E-state index in [0.717, 1.165) is 0 Å². The highest BCUT2D eigenvalue weighted by Gasteiger charge is 2.31. The molecule has 2 aromatic carbocycles. The van der Waals surface area contributed by atoms with E-state index in [9.17, 15) is 23.1 Å². The number of alkyl halides is 3. The van der Waals surface area contributed by atoms with Crippen LogP contribution in [0, 0.1) is 0 Å². The zero-order valence-electron chi connectivity index (χ0n) is 17.6. The van der Waals surface area contributed by atoms with E-state index in [0.29, 0.717) is 28.3 Å². The number of ether oxygens (including phenoxy) is 3. The average Bonchev–Trinajstić information content (AvgIpc) is 2.71. The van der Waals surface area contributed by atoms with Gasteiger partial charge in [-0.1, -0.05) is 12.1 Å². The van der Waals surface area contributed by atoms with Gasteiger partial charge in [0, 0.05) is 18.3 Å². The number of halogens is 3. The molecule has 0 unspecified atom stereocenters. The SMILES string of the molecule is COc1cc(-n2ccc(-c3ccc(OC(F)(F)F)cc3)cc2=O)ccc1OCC(C)(C)O. The Kier molecular flexibility index (Phi) is 6.50. The molecule has 9 heteroatoms.